The quantitative estimate of drug-likeness (QED) is 0.766. The van der Waals surface area contributed by atoms with Gasteiger partial charge in [0.2, 0.25) is 0 Å². The number of methoxy groups -OCH3 is 1. The standard InChI is InChI=1S/C12H11Br2NO3S2/c1-7-5-11(19-12(7)14)20(16,17)15-8-3-4-10(18-2)9(13)6-8/h3-6,15H,1-2H3. The SMILES string of the molecule is COc1ccc(NS(=O)(=O)c2cc(C)c(Br)s2)cc1Br. The van der Waals surface area contributed by atoms with Crippen molar-refractivity contribution in [2.45, 2.75) is 11.1 Å². The Morgan fingerprint density at radius 2 is 1.95 bits per heavy atom. The van der Waals surface area contributed by atoms with Gasteiger partial charge in [-0.05, 0) is 68.6 Å². The number of rotatable bonds is 4. The average Bonchev–Trinajstić information content (AvgIpc) is 2.70. The Balaban J connectivity index is 2.31. The van der Waals surface area contributed by atoms with Crippen LogP contribution in [0, 0.1) is 6.92 Å². The van der Waals surface area contributed by atoms with Crippen LogP contribution in [-0.4, -0.2) is 15.5 Å². The van der Waals surface area contributed by atoms with Crippen LogP contribution in [-0.2, 0) is 10.0 Å². The summed E-state index contributed by atoms with van der Waals surface area (Å²) in [6, 6.07) is 6.63. The third kappa shape index (κ3) is 3.36. The van der Waals surface area contributed by atoms with E-state index in [9.17, 15) is 8.42 Å². The lowest BCUT2D eigenvalue weighted by Crippen LogP contribution is -2.11. The number of benzene rings is 1. The molecule has 0 aliphatic carbocycles. The number of hydrogen-bond acceptors (Lipinski definition) is 4. The van der Waals surface area contributed by atoms with Gasteiger partial charge in [-0.1, -0.05) is 0 Å². The second kappa shape index (κ2) is 6.05. The van der Waals surface area contributed by atoms with E-state index in [1.165, 1.54) is 11.3 Å². The number of nitrogens with one attached hydrogen (secondary N) is 1. The lowest BCUT2D eigenvalue weighted by atomic mass is 10.3. The van der Waals surface area contributed by atoms with E-state index in [-0.39, 0.29) is 4.21 Å². The summed E-state index contributed by atoms with van der Waals surface area (Å²) in [6.45, 7) is 1.85. The van der Waals surface area contributed by atoms with Crippen molar-refractivity contribution < 1.29 is 13.2 Å². The van der Waals surface area contributed by atoms with Crippen LogP contribution < -0.4 is 9.46 Å². The monoisotopic (exact) mass is 439 g/mol. The van der Waals surface area contributed by atoms with Gasteiger partial charge in [0, 0.05) is 0 Å². The highest BCUT2D eigenvalue weighted by molar-refractivity contribution is 9.11. The Labute approximate surface area is 138 Å². The maximum Gasteiger partial charge on any atom is 0.271 e. The molecular weight excluding hydrogens is 430 g/mol. The minimum Gasteiger partial charge on any atom is -0.496 e. The van der Waals surface area contributed by atoms with Gasteiger partial charge < -0.3 is 4.74 Å². The highest BCUT2D eigenvalue weighted by Crippen LogP contribution is 2.33. The van der Waals surface area contributed by atoms with E-state index in [2.05, 4.69) is 36.6 Å². The zero-order chi connectivity index (χ0) is 14.9. The van der Waals surface area contributed by atoms with Gasteiger partial charge in [0.25, 0.3) is 10.0 Å². The molecule has 0 aliphatic heterocycles. The first kappa shape index (κ1) is 15.8. The summed E-state index contributed by atoms with van der Waals surface area (Å²) in [5, 5.41) is 0. The smallest absolute Gasteiger partial charge is 0.271 e. The first-order valence-electron chi connectivity index (χ1n) is 5.46. The molecule has 0 bridgehead atoms. The summed E-state index contributed by atoms with van der Waals surface area (Å²) in [5.74, 6) is 0.641. The summed E-state index contributed by atoms with van der Waals surface area (Å²) in [6.07, 6.45) is 0. The van der Waals surface area contributed by atoms with Gasteiger partial charge in [0.05, 0.1) is 21.1 Å². The molecule has 0 fully saturated rings. The molecule has 8 heteroatoms. The van der Waals surface area contributed by atoms with Crippen LogP contribution in [0.5, 0.6) is 5.75 Å². The maximum absolute atomic E-state index is 12.3. The summed E-state index contributed by atoms with van der Waals surface area (Å²) < 4.78 is 33.9. The van der Waals surface area contributed by atoms with Crippen molar-refractivity contribution in [1.29, 1.82) is 0 Å². The van der Waals surface area contributed by atoms with Crippen molar-refractivity contribution in [3.05, 3.63) is 38.1 Å². The molecule has 1 aromatic carbocycles. The van der Waals surface area contributed by atoms with Gasteiger partial charge in [-0.15, -0.1) is 11.3 Å². The second-order valence-electron chi connectivity index (χ2n) is 3.98. The van der Waals surface area contributed by atoms with Crippen molar-refractivity contribution in [1.82, 2.24) is 0 Å². The molecule has 0 unspecified atom stereocenters. The molecule has 0 saturated heterocycles. The molecule has 0 aliphatic rings. The van der Waals surface area contributed by atoms with Gasteiger partial charge in [-0.3, -0.25) is 4.72 Å². The molecule has 2 rings (SSSR count). The zero-order valence-electron chi connectivity index (χ0n) is 10.6. The minimum atomic E-state index is -3.57. The zero-order valence-corrected chi connectivity index (χ0v) is 15.4. The molecule has 4 nitrogen and oxygen atoms in total. The summed E-state index contributed by atoms with van der Waals surface area (Å²) >= 11 is 7.83. The summed E-state index contributed by atoms with van der Waals surface area (Å²) in [7, 11) is -2.02. The van der Waals surface area contributed by atoms with Crippen LogP contribution >= 0.6 is 43.2 Å². The molecule has 1 aromatic heterocycles. The van der Waals surface area contributed by atoms with Crippen LogP contribution in [0.2, 0.25) is 0 Å². The van der Waals surface area contributed by atoms with Crippen LogP contribution in [0.1, 0.15) is 5.56 Å². The third-order valence-corrected chi connectivity index (χ3v) is 7.11. The molecular formula is C12H11Br2NO3S2. The largest absolute Gasteiger partial charge is 0.496 e. The predicted octanol–water partition coefficient (Wildman–Crippen LogP) is 4.39. The molecule has 0 spiro atoms. The van der Waals surface area contributed by atoms with Gasteiger partial charge in [-0.25, -0.2) is 8.42 Å². The maximum atomic E-state index is 12.3. The fraction of sp³-hybridized carbons (Fsp3) is 0.167. The number of thiophene rings is 1. The molecule has 1 heterocycles. The molecule has 108 valence electrons. The van der Waals surface area contributed by atoms with Crippen LogP contribution in [0.3, 0.4) is 0 Å². The molecule has 1 N–H and O–H groups in total. The lowest BCUT2D eigenvalue weighted by molar-refractivity contribution is 0.412. The van der Waals surface area contributed by atoms with Gasteiger partial charge >= 0.3 is 0 Å². The predicted molar refractivity (Wildman–Crippen MR) is 88.3 cm³/mol. The highest BCUT2D eigenvalue weighted by Gasteiger charge is 2.18. The van der Waals surface area contributed by atoms with Crippen LogP contribution in [0.15, 0.2) is 36.7 Å². The first-order valence-corrected chi connectivity index (χ1v) is 9.34. The molecule has 0 radical (unpaired) electrons. The number of aryl methyl sites for hydroxylation is 1. The van der Waals surface area contributed by atoms with Crippen LogP contribution in [0.25, 0.3) is 0 Å². The van der Waals surface area contributed by atoms with E-state index < -0.39 is 10.0 Å². The number of sulfonamides is 1. The Bertz CT molecular complexity index is 722. The lowest BCUT2D eigenvalue weighted by Gasteiger charge is -2.08. The van der Waals surface area contributed by atoms with E-state index >= 15 is 0 Å². The molecule has 20 heavy (non-hydrogen) atoms. The highest BCUT2D eigenvalue weighted by atomic mass is 79.9. The van der Waals surface area contributed by atoms with Gasteiger partial charge in [0.1, 0.15) is 9.96 Å². The van der Waals surface area contributed by atoms with Gasteiger partial charge in [0.15, 0.2) is 0 Å². The Morgan fingerprint density at radius 1 is 1.25 bits per heavy atom. The van der Waals surface area contributed by atoms with E-state index in [4.69, 9.17) is 4.74 Å². The molecule has 0 atom stereocenters. The van der Waals surface area contributed by atoms with E-state index in [1.54, 1.807) is 31.4 Å². The van der Waals surface area contributed by atoms with Crippen molar-refractivity contribution in [2.24, 2.45) is 0 Å². The van der Waals surface area contributed by atoms with Crippen molar-refractivity contribution in [3.63, 3.8) is 0 Å². The Morgan fingerprint density at radius 3 is 2.45 bits per heavy atom. The minimum absolute atomic E-state index is 0.272. The van der Waals surface area contributed by atoms with E-state index in [0.29, 0.717) is 15.9 Å². The first-order chi connectivity index (χ1) is 9.33. The topological polar surface area (TPSA) is 55.4 Å². The fourth-order valence-corrected chi connectivity index (χ4v) is 5.32. The van der Waals surface area contributed by atoms with Crippen molar-refractivity contribution >= 4 is 58.9 Å². The van der Waals surface area contributed by atoms with Crippen LogP contribution in [0.4, 0.5) is 5.69 Å². The number of hydrogen-bond donors (Lipinski definition) is 1. The number of ether oxygens (including phenoxy) is 1. The summed E-state index contributed by atoms with van der Waals surface area (Å²) in [5.41, 5.74) is 1.37. The molecule has 2 aromatic rings. The third-order valence-electron chi connectivity index (χ3n) is 2.50. The van der Waals surface area contributed by atoms with Gasteiger partial charge in [-0.2, -0.15) is 0 Å². The summed E-state index contributed by atoms with van der Waals surface area (Å²) in [4.78, 5) is 0. The Kier molecular flexibility index (Phi) is 4.78. The number of anilines is 1. The average molecular weight is 441 g/mol. The van der Waals surface area contributed by atoms with E-state index in [0.717, 1.165) is 9.35 Å². The molecule has 0 saturated carbocycles. The second-order valence-corrected chi connectivity index (χ2v) is 9.11. The fourth-order valence-electron chi connectivity index (χ4n) is 1.50. The normalized spacial score (nSPS) is 11.4. The van der Waals surface area contributed by atoms with Crippen molar-refractivity contribution in [2.75, 3.05) is 11.8 Å². The molecule has 0 amide bonds. The van der Waals surface area contributed by atoms with Crippen molar-refractivity contribution in [3.8, 4) is 5.75 Å². The Hall–Kier alpha value is -0.570. The number of halogens is 2. The van der Waals surface area contributed by atoms with E-state index in [1.807, 2.05) is 6.92 Å².